The summed E-state index contributed by atoms with van der Waals surface area (Å²) < 4.78 is 2.20. The van der Waals surface area contributed by atoms with Gasteiger partial charge in [-0.15, -0.1) is 0 Å². The van der Waals surface area contributed by atoms with Gasteiger partial charge in [-0.2, -0.15) is 0 Å². The van der Waals surface area contributed by atoms with Crippen molar-refractivity contribution in [2.45, 2.75) is 51.5 Å². The van der Waals surface area contributed by atoms with E-state index in [1.165, 1.54) is 37.6 Å². The van der Waals surface area contributed by atoms with Crippen LogP contribution in [0.1, 0.15) is 44.9 Å². The van der Waals surface area contributed by atoms with E-state index in [9.17, 15) is 0 Å². The van der Waals surface area contributed by atoms with Crippen molar-refractivity contribution in [1.82, 2.24) is 9.55 Å². The summed E-state index contributed by atoms with van der Waals surface area (Å²) in [5.74, 6) is 1.12. The molecule has 1 fully saturated rings. The van der Waals surface area contributed by atoms with Gasteiger partial charge in [-0.3, -0.25) is 0 Å². The molecule has 108 valence electrons. The van der Waals surface area contributed by atoms with Crippen LogP contribution >= 0.6 is 0 Å². The molecule has 3 rings (SSSR count). The van der Waals surface area contributed by atoms with E-state index in [2.05, 4.69) is 36.7 Å². The number of rotatable bonds is 4. The lowest BCUT2D eigenvalue weighted by Crippen LogP contribution is -2.41. The van der Waals surface area contributed by atoms with Crippen molar-refractivity contribution < 1.29 is 0 Å². The van der Waals surface area contributed by atoms with Gasteiger partial charge in [0.1, 0.15) is 5.82 Å². The smallest absolute Gasteiger partial charge is 0.111 e. The number of nitrogens with two attached hydrogens (primary N) is 1. The normalized spacial score (nSPS) is 19.6. The standard InChI is InChI=1S/C17H25N3/c1-3-17(10-6-7-11-17)15(18)12-16-19-13-8-4-5-9-14(13)20(16)2/h4-5,8-9,15H,3,6-7,10-12,18H2,1-2H3. The molecule has 0 amide bonds. The van der Waals surface area contributed by atoms with Gasteiger partial charge < -0.3 is 10.3 Å². The number of benzene rings is 1. The summed E-state index contributed by atoms with van der Waals surface area (Å²) in [5, 5.41) is 0. The molecule has 1 atom stereocenters. The molecule has 3 heteroatoms. The third-order valence-corrected chi connectivity index (χ3v) is 5.37. The fourth-order valence-electron chi connectivity index (χ4n) is 3.86. The summed E-state index contributed by atoms with van der Waals surface area (Å²) >= 11 is 0. The van der Waals surface area contributed by atoms with Crippen LogP contribution in [0.4, 0.5) is 0 Å². The molecule has 1 aliphatic carbocycles. The van der Waals surface area contributed by atoms with Crippen LogP contribution in [0.25, 0.3) is 11.0 Å². The maximum atomic E-state index is 6.59. The van der Waals surface area contributed by atoms with Crippen LogP contribution in [0.2, 0.25) is 0 Å². The Morgan fingerprint density at radius 1 is 1.30 bits per heavy atom. The van der Waals surface area contributed by atoms with E-state index in [0.717, 1.165) is 17.8 Å². The van der Waals surface area contributed by atoms with E-state index in [-0.39, 0.29) is 6.04 Å². The molecule has 1 aliphatic rings. The first-order chi connectivity index (χ1) is 9.66. The minimum absolute atomic E-state index is 0.227. The average Bonchev–Trinajstić information content (AvgIpc) is 3.06. The Hall–Kier alpha value is -1.35. The van der Waals surface area contributed by atoms with Gasteiger partial charge in [0.25, 0.3) is 0 Å². The lowest BCUT2D eigenvalue weighted by Gasteiger charge is -2.34. The predicted octanol–water partition coefficient (Wildman–Crippen LogP) is 3.41. The van der Waals surface area contributed by atoms with Crippen molar-refractivity contribution in [3.8, 4) is 0 Å². The summed E-state index contributed by atoms with van der Waals surface area (Å²) in [7, 11) is 2.10. The van der Waals surface area contributed by atoms with Gasteiger partial charge in [0.2, 0.25) is 0 Å². The highest BCUT2D eigenvalue weighted by Crippen LogP contribution is 2.43. The molecule has 0 aliphatic heterocycles. The van der Waals surface area contributed by atoms with E-state index in [0.29, 0.717) is 5.41 Å². The molecular formula is C17H25N3. The molecular weight excluding hydrogens is 246 g/mol. The monoisotopic (exact) mass is 271 g/mol. The highest BCUT2D eigenvalue weighted by Gasteiger charge is 2.38. The van der Waals surface area contributed by atoms with Crippen LogP contribution in [0.3, 0.4) is 0 Å². The molecule has 1 unspecified atom stereocenters. The Morgan fingerprint density at radius 2 is 2.00 bits per heavy atom. The van der Waals surface area contributed by atoms with Gasteiger partial charge in [-0.1, -0.05) is 31.9 Å². The second-order valence-electron chi connectivity index (χ2n) is 6.31. The van der Waals surface area contributed by atoms with Gasteiger partial charge >= 0.3 is 0 Å². The lowest BCUT2D eigenvalue weighted by atomic mass is 9.75. The summed E-state index contributed by atoms with van der Waals surface area (Å²) in [4.78, 5) is 4.77. The van der Waals surface area contributed by atoms with Crippen molar-refractivity contribution in [3.05, 3.63) is 30.1 Å². The Kier molecular flexibility index (Phi) is 3.55. The van der Waals surface area contributed by atoms with Gasteiger partial charge in [-0.05, 0) is 36.8 Å². The molecule has 2 aromatic rings. The number of hydrogen-bond acceptors (Lipinski definition) is 2. The lowest BCUT2D eigenvalue weighted by molar-refractivity contribution is 0.216. The SMILES string of the molecule is CCC1(C(N)Cc2nc3ccccc3n2C)CCCC1. The van der Waals surface area contributed by atoms with Gasteiger partial charge in [0, 0.05) is 19.5 Å². The number of fused-ring (bicyclic) bond motifs is 1. The number of aryl methyl sites for hydroxylation is 1. The highest BCUT2D eigenvalue weighted by molar-refractivity contribution is 5.75. The minimum atomic E-state index is 0.227. The van der Waals surface area contributed by atoms with Crippen LogP contribution in [0.15, 0.2) is 24.3 Å². The third kappa shape index (κ3) is 2.14. The molecule has 1 aromatic carbocycles. The summed E-state index contributed by atoms with van der Waals surface area (Å²) in [6.07, 6.45) is 7.33. The molecule has 0 saturated heterocycles. The largest absolute Gasteiger partial charge is 0.331 e. The van der Waals surface area contributed by atoms with Crippen molar-refractivity contribution in [1.29, 1.82) is 0 Å². The fraction of sp³-hybridized carbons (Fsp3) is 0.588. The van der Waals surface area contributed by atoms with Crippen molar-refractivity contribution in [2.24, 2.45) is 18.2 Å². The molecule has 1 heterocycles. The van der Waals surface area contributed by atoms with E-state index < -0.39 is 0 Å². The first-order valence-corrected chi connectivity index (χ1v) is 7.82. The minimum Gasteiger partial charge on any atom is -0.331 e. The molecule has 3 nitrogen and oxygen atoms in total. The Bertz CT molecular complexity index is 593. The number of para-hydroxylation sites is 2. The summed E-state index contributed by atoms with van der Waals surface area (Å²) in [6, 6.07) is 8.55. The fourth-order valence-corrected chi connectivity index (χ4v) is 3.86. The maximum Gasteiger partial charge on any atom is 0.111 e. The number of nitrogens with zero attached hydrogens (tertiary/aromatic N) is 2. The van der Waals surface area contributed by atoms with Crippen molar-refractivity contribution in [2.75, 3.05) is 0 Å². The highest BCUT2D eigenvalue weighted by atomic mass is 15.1. The third-order valence-electron chi connectivity index (χ3n) is 5.37. The predicted molar refractivity (Wildman–Crippen MR) is 83.6 cm³/mol. The Balaban J connectivity index is 1.87. The second kappa shape index (κ2) is 5.21. The first-order valence-electron chi connectivity index (χ1n) is 7.82. The van der Waals surface area contributed by atoms with E-state index in [4.69, 9.17) is 10.7 Å². The zero-order valence-electron chi connectivity index (χ0n) is 12.6. The van der Waals surface area contributed by atoms with Crippen LogP contribution < -0.4 is 5.73 Å². The molecule has 2 N–H and O–H groups in total. The topological polar surface area (TPSA) is 43.8 Å². The van der Waals surface area contributed by atoms with E-state index in [1.807, 2.05) is 6.07 Å². The van der Waals surface area contributed by atoms with Crippen LogP contribution in [-0.4, -0.2) is 15.6 Å². The van der Waals surface area contributed by atoms with E-state index in [1.54, 1.807) is 0 Å². The second-order valence-corrected chi connectivity index (χ2v) is 6.31. The van der Waals surface area contributed by atoms with Crippen molar-refractivity contribution >= 4 is 11.0 Å². The van der Waals surface area contributed by atoms with Crippen LogP contribution in [0.5, 0.6) is 0 Å². The molecule has 0 spiro atoms. The van der Waals surface area contributed by atoms with Gasteiger partial charge in [-0.25, -0.2) is 4.98 Å². The zero-order valence-corrected chi connectivity index (χ0v) is 12.6. The number of hydrogen-bond donors (Lipinski definition) is 1. The Morgan fingerprint density at radius 3 is 2.65 bits per heavy atom. The van der Waals surface area contributed by atoms with Gasteiger partial charge in [0.05, 0.1) is 11.0 Å². The summed E-state index contributed by atoms with van der Waals surface area (Å²) in [5.41, 5.74) is 9.22. The summed E-state index contributed by atoms with van der Waals surface area (Å²) in [6.45, 7) is 2.29. The average molecular weight is 271 g/mol. The first kappa shape index (κ1) is 13.6. The number of aromatic nitrogens is 2. The quantitative estimate of drug-likeness (QED) is 0.926. The van der Waals surface area contributed by atoms with Crippen LogP contribution in [-0.2, 0) is 13.5 Å². The molecule has 1 saturated carbocycles. The molecule has 0 bridgehead atoms. The zero-order chi connectivity index (χ0) is 14.2. The molecule has 20 heavy (non-hydrogen) atoms. The van der Waals surface area contributed by atoms with Crippen molar-refractivity contribution in [3.63, 3.8) is 0 Å². The van der Waals surface area contributed by atoms with E-state index >= 15 is 0 Å². The Labute approximate surface area is 121 Å². The molecule has 1 aromatic heterocycles. The number of imidazole rings is 1. The van der Waals surface area contributed by atoms with Gasteiger partial charge in [0.15, 0.2) is 0 Å². The van der Waals surface area contributed by atoms with Crippen LogP contribution in [0, 0.1) is 5.41 Å². The maximum absolute atomic E-state index is 6.59. The molecule has 0 radical (unpaired) electrons.